The Bertz CT molecular complexity index is 504. The van der Waals surface area contributed by atoms with E-state index in [0.29, 0.717) is 0 Å². The predicted molar refractivity (Wildman–Crippen MR) is 68.1 cm³/mol. The lowest BCUT2D eigenvalue weighted by molar-refractivity contribution is 0.273. The summed E-state index contributed by atoms with van der Waals surface area (Å²) in [6, 6.07) is 5.92. The first-order valence-corrected chi connectivity index (χ1v) is 5.94. The van der Waals surface area contributed by atoms with Crippen LogP contribution in [0.25, 0.3) is 10.9 Å². The number of nitrogens with zero attached hydrogens (tertiary/aromatic N) is 1. The van der Waals surface area contributed by atoms with Gasteiger partial charge in [0.05, 0.1) is 0 Å². The fourth-order valence-corrected chi connectivity index (χ4v) is 2.22. The van der Waals surface area contributed by atoms with Gasteiger partial charge in [0.25, 0.3) is 0 Å². The van der Waals surface area contributed by atoms with Crippen molar-refractivity contribution < 1.29 is 5.11 Å². The van der Waals surface area contributed by atoms with Crippen LogP contribution in [0.1, 0.15) is 25.3 Å². The number of aryl methyl sites for hydroxylation is 1. The molecule has 0 bridgehead atoms. The molecule has 1 N–H and O–H groups in total. The maximum absolute atomic E-state index is 9.26. The third-order valence-electron chi connectivity index (χ3n) is 3.02. The van der Waals surface area contributed by atoms with Crippen molar-refractivity contribution in [2.24, 2.45) is 0 Å². The highest BCUT2D eigenvalue weighted by Crippen LogP contribution is 2.29. The van der Waals surface area contributed by atoms with E-state index in [4.69, 9.17) is 11.6 Å². The minimum absolute atomic E-state index is 0.147. The first kappa shape index (κ1) is 11.5. The Morgan fingerprint density at radius 1 is 1.44 bits per heavy atom. The topological polar surface area (TPSA) is 25.2 Å². The zero-order chi connectivity index (χ0) is 11.7. The second-order valence-corrected chi connectivity index (χ2v) is 4.55. The molecule has 0 aliphatic rings. The molecule has 0 saturated heterocycles. The maximum Gasteiger partial charge on any atom is 0.0497 e. The fraction of sp³-hybridized carbons (Fsp3) is 0.385. The van der Waals surface area contributed by atoms with E-state index in [9.17, 15) is 5.11 Å². The van der Waals surface area contributed by atoms with Crippen molar-refractivity contribution in [3.63, 3.8) is 0 Å². The van der Waals surface area contributed by atoms with E-state index in [2.05, 4.69) is 17.7 Å². The average Bonchev–Trinajstić information content (AvgIpc) is 2.66. The van der Waals surface area contributed by atoms with Crippen LogP contribution in [0.3, 0.4) is 0 Å². The number of rotatable bonds is 3. The Morgan fingerprint density at radius 3 is 2.81 bits per heavy atom. The summed E-state index contributed by atoms with van der Waals surface area (Å²) < 4.78 is 2.19. The van der Waals surface area contributed by atoms with Gasteiger partial charge in [-0.05, 0) is 30.7 Å². The van der Waals surface area contributed by atoms with E-state index >= 15 is 0 Å². The normalized spacial score (nSPS) is 13.2. The van der Waals surface area contributed by atoms with Crippen LogP contribution in [0.4, 0.5) is 0 Å². The number of aliphatic hydroxyl groups is 1. The number of hydrogen-bond acceptors (Lipinski definition) is 1. The first-order valence-electron chi connectivity index (χ1n) is 5.56. The van der Waals surface area contributed by atoms with Gasteiger partial charge in [0.15, 0.2) is 0 Å². The van der Waals surface area contributed by atoms with E-state index in [1.165, 1.54) is 11.1 Å². The lowest BCUT2D eigenvalue weighted by Gasteiger charge is -2.05. The first-order chi connectivity index (χ1) is 7.67. The van der Waals surface area contributed by atoms with E-state index in [1.54, 1.807) is 0 Å². The fourth-order valence-electron chi connectivity index (χ4n) is 2.05. The molecule has 0 spiro atoms. The van der Waals surface area contributed by atoms with Crippen LogP contribution >= 0.6 is 11.6 Å². The molecule has 1 unspecified atom stereocenters. The summed E-state index contributed by atoms with van der Waals surface area (Å²) in [6.45, 7) is 5.22. The molecule has 2 rings (SSSR count). The van der Waals surface area contributed by atoms with Gasteiger partial charge in [-0.15, -0.1) is 0 Å². The van der Waals surface area contributed by atoms with E-state index in [0.717, 1.165) is 17.0 Å². The van der Waals surface area contributed by atoms with Crippen LogP contribution in [0.5, 0.6) is 0 Å². The van der Waals surface area contributed by atoms with Crippen molar-refractivity contribution in [2.75, 3.05) is 6.61 Å². The highest BCUT2D eigenvalue weighted by molar-refractivity contribution is 6.31. The molecular weight excluding hydrogens is 222 g/mol. The smallest absolute Gasteiger partial charge is 0.0497 e. The van der Waals surface area contributed by atoms with Gasteiger partial charge >= 0.3 is 0 Å². The molecule has 0 fully saturated rings. The molecule has 16 heavy (non-hydrogen) atoms. The average molecular weight is 238 g/mol. The summed E-state index contributed by atoms with van der Waals surface area (Å²) >= 11 is 6.02. The number of benzene rings is 1. The van der Waals surface area contributed by atoms with Crippen LogP contribution in [-0.4, -0.2) is 16.3 Å². The molecule has 2 nitrogen and oxygen atoms in total. The number of aromatic nitrogens is 1. The standard InChI is InChI=1S/C13H16ClNO/c1-3-15-7-12(9(2)8-16)11-6-10(14)4-5-13(11)15/h4-7,9,16H,3,8H2,1-2H3. The third-order valence-corrected chi connectivity index (χ3v) is 3.25. The van der Waals surface area contributed by atoms with Crippen molar-refractivity contribution in [2.45, 2.75) is 26.3 Å². The van der Waals surface area contributed by atoms with Crippen LogP contribution in [0.2, 0.25) is 5.02 Å². The zero-order valence-corrected chi connectivity index (χ0v) is 10.3. The Kier molecular flexibility index (Phi) is 3.22. The van der Waals surface area contributed by atoms with Gasteiger partial charge in [0, 0.05) is 41.2 Å². The van der Waals surface area contributed by atoms with Crippen LogP contribution in [-0.2, 0) is 6.54 Å². The Hall–Kier alpha value is -0.990. The lowest BCUT2D eigenvalue weighted by atomic mass is 10.0. The summed E-state index contributed by atoms with van der Waals surface area (Å²) in [6.07, 6.45) is 2.11. The Balaban J connectivity index is 2.68. The van der Waals surface area contributed by atoms with Gasteiger partial charge in [0.1, 0.15) is 0 Å². The lowest BCUT2D eigenvalue weighted by Crippen LogP contribution is -1.97. The van der Waals surface area contributed by atoms with E-state index < -0.39 is 0 Å². The monoisotopic (exact) mass is 237 g/mol. The minimum Gasteiger partial charge on any atom is -0.396 e. The summed E-state index contributed by atoms with van der Waals surface area (Å²) in [5.74, 6) is 0.147. The SMILES string of the molecule is CCn1cc(C(C)CO)c2cc(Cl)ccc21. The quantitative estimate of drug-likeness (QED) is 0.870. The highest BCUT2D eigenvalue weighted by atomic mass is 35.5. The molecule has 1 heterocycles. The third kappa shape index (κ3) is 1.83. The summed E-state index contributed by atoms with van der Waals surface area (Å²) in [5, 5.41) is 11.1. The maximum atomic E-state index is 9.26. The molecule has 2 aromatic rings. The molecule has 1 aromatic heterocycles. The molecule has 0 amide bonds. The van der Waals surface area contributed by atoms with Crippen molar-refractivity contribution >= 4 is 22.5 Å². The van der Waals surface area contributed by atoms with Gasteiger partial charge in [-0.2, -0.15) is 0 Å². The van der Waals surface area contributed by atoms with Gasteiger partial charge in [-0.3, -0.25) is 0 Å². The minimum atomic E-state index is 0.147. The number of fused-ring (bicyclic) bond motifs is 1. The largest absolute Gasteiger partial charge is 0.396 e. The van der Waals surface area contributed by atoms with E-state index in [1.807, 2.05) is 25.1 Å². The molecule has 0 aliphatic heterocycles. The van der Waals surface area contributed by atoms with Gasteiger partial charge in [-0.1, -0.05) is 18.5 Å². The van der Waals surface area contributed by atoms with Gasteiger partial charge < -0.3 is 9.67 Å². The molecule has 1 aromatic carbocycles. The van der Waals surface area contributed by atoms with Crippen molar-refractivity contribution in [1.82, 2.24) is 4.57 Å². The van der Waals surface area contributed by atoms with Gasteiger partial charge in [-0.25, -0.2) is 0 Å². The molecule has 86 valence electrons. The number of aliphatic hydroxyl groups excluding tert-OH is 1. The van der Waals surface area contributed by atoms with E-state index in [-0.39, 0.29) is 12.5 Å². The molecule has 3 heteroatoms. The number of hydrogen-bond donors (Lipinski definition) is 1. The Morgan fingerprint density at radius 2 is 2.19 bits per heavy atom. The molecule has 0 aliphatic carbocycles. The second kappa shape index (κ2) is 4.48. The zero-order valence-electron chi connectivity index (χ0n) is 9.57. The summed E-state index contributed by atoms with van der Waals surface area (Å²) in [4.78, 5) is 0. The van der Waals surface area contributed by atoms with Crippen molar-refractivity contribution in [3.8, 4) is 0 Å². The van der Waals surface area contributed by atoms with Crippen molar-refractivity contribution in [1.29, 1.82) is 0 Å². The molecule has 0 radical (unpaired) electrons. The second-order valence-electron chi connectivity index (χ2n) is 4.12. The van der Waals surface area contributed by atoms with Gasteiger partial charge in [0.2, 0.25) is 0 Å². The summed E-state index contributed by atoms with van der Waals surface area (Å²) in [5.41, 5.74) is 2.35. The molecule has 0 saturated carbocycles. The van der Waals surface area contributed by atoms with Crippen molar-refractivity contribution in [3.05, 3.63) is 35.0 Å². The number of halogens is 1. The molecular formula is C13H16ClNO. The van der Waals surface area contributed by atoms with Crippen LogP contribution < -0.4 is 0 Å². The van der Waals surface area contributed by atoms with Crippen LogP contribution in [0.15, 0.2) is 24.4 Å². The summed E-state index contributed by atoms with van der Waals surface area (Å²) in [7, 11) is 0. The highest BCUT2D eigenvalue weighted by Gasteiger charge is 2.13. The predicted octanol–water partition coefficient (Wildman–Crippen LogP) is 3.41. The molecule has 1 atom stereocenters. The van der Waals surface area contributed by atoms with Crippen LogP contribution in [0, 0.1) is 0 Å². The Labute approximate surface area is 100 Å².